The van der Waals surface area contributed by atoms with Crippen LogP contribution in [0.15, 0.2) is 29.2 Å². The van der Waals surface area contributed by atoms with Crippen LogP contribution in [0.3, 0.4) is 0 Å². The van der Waals surface area contributed by atoms with Crippen molar-refractivity contribution < 1.29 is 26.3 Å². The second kappa shape index (κ2) is 6.29. The first-order valence-corrected chi connectivity index (χ1v) is 8.35. The van der Waals surface area contributed by atoms with E-state index in [1.54, 1.807) is 0 Å². The molecule has 0 saturated carbocycles. The quantitative estimate of drug-likeness (QED) is 0.374. The molecule has 18 heavy (non-hydrogen) atoms. The van der Waals surface area contributed by atoms with Gasteiger partial charge in [-0.3, -0.25) is 14.7 Å². The molecule has 1 N–H and O–H groups in total. The van der Waals surface area contributed by atoms with Crippen molar-refractivity contribution in [1.82, 2.24) is 0 Å². The number of halogens is 2. The fourth-order valence-corrected chi connectivity index (χ4v) is 1.54. The van der Waals surface area contributed by atoms with E-state index in [9.17, 15) is 18.5 Å². The maximum Gasteiger partial charge on any atom is 0.353 e. The summed E-state index contributed by atoms with van der Waals surface area (Å²) in [6.07, 6.45) is 0. The van der Waals surface area contributed by atoms with Gasteiger partial charge < -0.3 is 0 Å². The normalized spacial score (nSPS) is 11.3. The van der Waals surface area contributed by atoms with Gasteiger partial charge >= 0.3 is 9.33 Å². The molecular weight excluding hydrogens is 333 g/mol. The molecule has 0 aliphatic heterocycles. The summed E-state index contributed by atoms with van der Waals surface area (Å²) in [5.74, 6) is 0. The lowest BCUT2D eigenvalue weighted by Gasteiger charge is -1.94. The lowest BCUT2D eigenvalue weighted by Crippen LogP contribution is -1.93. The Labute approximate surface area is 111 Å². The Hall–Kier alpha value is -0.940. The summed E-state index contributed by atoms with van der Waals surface area (Å²) in [6.45, 7) is 0. The van der Waals surface area contributed by atoms with Gasteiger partial charge in [0.05, 0.1) is 9.82 Å². The van der Waals surface area contributed by atoms with E-state index < -0.39 is 23.3 Å². The highest BCUT2D eigenvalue weighted by Gasteiger charge is 2.14. The van der Waals surface area contributed by atoms with Crippen LogP contribution < -0.4 is 0 Å². The van der Waals surface area contributed by atoms with Gasteiger partial charge in [0, 0.05) is 33.5 Å². The van der Waals surface area contributed by atoms with Gasteiger partial charge in [0.1, 0.15) is 0 Å². The number of rotatable bonds is 2. The van der Waals surface area contributed by atoms with E-state index in [4.69, 9.17) is 23.7 Å². The lowest BCUT2D eigenvalue weighted by molar-refractivity contribution is -0.385. The van der Waals surface area contributed by atoms with Crippen LogP contribution in [-0.4, -0.2) is 26.3 Å². The van der Waals surface area contributed by atoms with Crippen molar-refractivity contribution in [3.8, 4) is 0 Å². The summed E-state index contributed by atoms with van der Waals surface area (Å²) in [7, 11) is 0.957. The zero-order valence-electron chi connectivity index (χ0n) is 8.23. The minimum atomic E-state index is -4.19. The van der Waals surface area contributed by atoms with E-state index >= 15 is 0 Å². The highest BCUT2D eigenvalue weighted by molar-refractivity contribution is 8.13. The summed E-state index contributed by atoms with van der Waals surface area (Å²) in [5.41, 5.74) is -0.304. The zero-order chi connectivity index (χ0) is 14.6. The first kappa shape index (κ1) is 17.1. The van der Waals surface area contributed by atoms with Crippen LogP contribution in [0.4, 0.5) is 5.69 Å². The van der Waals surface area contributed by atoms with E-state index in [0.717, 1.165) is 6.07 Å². The Balaban J connectivity index is 0.000000494. The van der Waals surface area contributed by atoms with Gasteiger partial charge in [-0.25, -0.2) is 8.42 Å². The van der Waals surface area contributed by atoms with Gasteiger partial charge in [0.2, 0.25) is 0 Å². The standard InChI is InChI=1S/C6H4ClNO4S.ClHO3S/c7-13(11,12)6-3-1-2-5(4-6)8(9)10;1-5(2,3)4/h1-4H;(H,2,3,4). The number of nitrogens with zero attached hydrogens (tertiary/aromatic N) is 1. The van der Waals surface area contributed by atoms with E-state index in [-0.39, 0.29) is 10.6 Å². The molecule has 0 fully saturated rings. The molecule has 0 spiro atoms. The number of hydrogen-bond acceptors (Lipinski definition) is 6. The molecule has 1 aromatic carbocycles. The van der Waals surface area contributed by atoms with E-state index in [1.807, 2.05) is 0 Å². The lowest BCUT2D eigenvalue weighted by atomic mass is 10.3. The van der Waals surface area contributed by atoms with Crippen LogP contribution in [0.2, 0.25) is 0 Å². The largest absolute Gasteiger partial charge is 0.353 e. The molecule has 0 aliphatic carbocycles. The van der Waals surface area contributed by atoms with Crippen molar-refractivity contribution in [2.75, 3.05) is 0 Å². The van der Waals surface area contributed by atoms with Crippen molar-refractivity contribution in [2.24, 2.45) is 0 Å². The van der Waals surface area contributed by atoms with Crippen LogP contribution in [0, 0.1) is 10.1 Å². The SMILES string of the molecule is O=S(=O)(O)Cl.O=[N+]([O-])c1cccc(S(=O)(=O)Cl)c1. The summed E-state index contributed by atoms with van der Waals surface area (Å²) in [5, 5.41) is 10.2. The first-order chi connectivity index (χ1) is 7.91. The van der Waals surface area contributed by atoms with Gasteiger partial charge in [-0.15, -0.1) is 0 Å². The predicted octanol–water partition coefficient (Wildman–Crippen LogP) is 1.55. The molecule has 0 saturated heterocycles. The monoisotopic (exact) mass is 337 g/mol. The average molecular weight is 338 g/mol. The molecule has 0 amide bonds. The Kier molecular flexibility index (Phi) is 5.96. The summed E-state index contributed by atoms with van der Waals surface area (Å²) < 4.78 is 46.7. The van der Waals surface area contributed by atoms with Crippen LogP contribution in [0.25, 0.3) is 0 Å². The molecule has 0 bridgehead atoms. The average Bonchev–Trinajstić information content (AvgIpc) is 2.14. The van der Waals surface area contributed by atoms with Crippen molar-refractivity contribution in [3.63, 3.8) is 0 Å². The molecule has 1 aromatic rings. The fraction of sp³-hybridized carbons (Fsp3) is 0. The van der Waals surface area contributed by atoms with E-state index in [1.165, 1.54) is 18.2 Å². The molecule has 0 aliphatic rings. The van der Waals surface area contributed by atoms with Crippen molar-refractivity contribution in [2.45, 2.75) is 4.90 Å². The third-order valence-corrected chi connectivity index (χ3v) is 2.66. The number of non-ortho nitro benzene ring substituents is 1. The Bertz CT molecular complexity index is 632. The third kappa shape index (κ3) is 8.20. The van der Waals surface area contributed by atoms with Crippen LogP contribution >= 0.6 is 21.4 Å². The highest BCUT2D eigenvalue weighted by Crippen LogP contribution is 2.19. The molecule has 102 valence electrons. The maximum absolute atomic E-state index is 10.8. The Morgan fingerprint density at radius 2 is 1.61 bits per heavy atom. The van der Waals surface area contributed by atoms with Gasteiger partial charge in [-0.1, -0.05) is 6.07 Å². The predicted molar refractivity (Wildman–Crippen MR) is 63.5 cm³/mol. The summed E-state index contributed by atoms with van der Waals surface area (Å²) >= 11 is 0. The van der Waals surface area contributed by atoms with Crippen molar-refractivity contribution >= 4 is 45.4 Å². The van der Waals surface area contributed by atoms with Crippen molar-refractivity contribution in [1.29, 1.82) is 0 Å². The first-order valence-electron chi connectivity index (χ1n) is 3.77. The molecule has 0 radical (unpaired) electrons. The Morgan fingerprint density at radius 3 is 1.94 bits per heavy atom. The summed E-state index contributed by atoms with van der Waals surface area (Å²) in [6, 6.07) is 4.54. The van der Waals surface area contributed by atoms with Crippen LogP contribution in [0.1, 0.15) is 0 Å². The number of nitro groups is 1. The Morgan fingerprint density at radius 1 is 1.17 bits per heavy atom. The number of benzene rings is 1. The molecule has 1 rings (SSSR count). The number of nitro benzene ring substituents is 1. The second-order valence-corrected chi connectivity index (χ2v) is 7.16. The van der Waals surface area contributed by atoms with E-state index in [2.05, 4.69) is 10.7 Å². The second-order valence-electron chi connectivity index (χ2n) is 2.60. The molecule has 0 atom stereocenters. The smallest absolute Gasteiger partial charge is 0.273 e. The zero-order valence-corrected chi connectivity index (χ0v) is 11.4. The molecule has 12 heteroatoms. The summed E-state index contributed by atoms with van der Waals surface area (Å²) in [4.78, 5) is 9.28. The highest BCUT2D eigenvalue weighted by atomic mass is 35.7. The van der Waals surface area contributed by atoms with Gasteiger partial charge in [-0.05, 0) is 6.07 Å². The van der Waals surface area contributed by atoms with E-state index in [0.29, 0.717) is 0 Å². The molecular formula is C6H5Cl2NO7S2. The topological polar surface area (TPSA) is 132 Å². The molecule has 0 heterocycles. The van der Waals surface area contributed by atoms with Crippen LogP contribution in [-0.2, 0) is 18.4 Å². The van der Waals surface area contributed by atoms with Gasteiger partial charge in [0.15, 0.2) is 0 Å². The van der Waals surface area contributed by atoms with Gasteiger partial charge in [-0.2, -0.15) is 8.42 Å². The molecule has 0 unspecified atom stereocenters. The minimum absolute atomic E-state index is 0.275. The van der Waals surface area contributed by atoms with Crippen LogP contribution in [0.5, 0.6) is 0 Å². The van der Waals surface area contributed by atoms with Gasteiger partial charge in [0.25, 0.3) is 14.7 Å². The number of hydrogen-bond donors (Lipinski definition) is 1. The fourth-order valence-electron chi connectivity index (χ4n) is 0.749. The third-order valence-electron chi connectivity index (χ3n) is 1.31. The molecule has 8 nitrogen and oxygen atoms in total. The maximum atomic E-state index is 10.8. The molecule has 0 aromatic heterocycles. The minimum Gasteiger partial charge on any atom is -0.273 e. The van der Waals surface area contributed by atoms with Crippen molar-refractivity contribution in [3.05, 3.63) is 34.4 Å².